The second-order valence-electron chi connectivity index (χ2n) is 5.64. The number of nitrogens with two attached hydrogens (primary N) is 1. The third-order valence-electron chi connectivity index (χ3n) is 3.68. The number of rotatable bonds is 5. The molecule has 0 saturated carbocycles. The molecule has 1 saturated heterocycles. The van der Waals surface area contributed by atoms with E-state index in [1.54, 1.807) is 12.1 Å². The first-order valence-corrected chi connectivity index (χ1v) is 8.48. The molecule has 2 rings (SSSR count). The molecular weight excluding hydrogens is 297 g/mol. The third-order valence-corrected chi connectivity index (χ3v) is 4.70. The summed E-state index contributed by atoms with van der Waals surface area (Å²) in [5.41, 5.74) is 0.251. The Labute approximate surface area is 124 Å². The molecule has 7 heteroatoms. The highest BCUT2D eigenvalue weighted by atomic mass is 32.2. The maximum absolute atomic E-state index is 13.7. The van der Waals surface area contributed by atoms with Crippen LogP contribution >= 0.6 is 0 Å². The van der Waals surface area contributed by atoms with Crippen LogP contribution in [0.15, 0.2) is 18.2 Å². The number of hydrogen-bond acceptors (Lipinski definition) is 4. The van der Waals surface area contributed by atoms with Crippen molar-refractivity contribution in [3.8, 4) is 5.75 Å². The highest BCUT2D eigenvalue weighted by Gasteiger charge is 2.37. The summed E-state index contributed by atoms with van der Waals surface area (Å²) in [4.78, 5) is 0. The molecule has 1 aliphatic heterocycles. The van der Waals surface area contributed by atoms with Crippen LogP contribution in [0, 0.1) is 18.2 Å². The van der Waals surface area contributed by atoms with E-state index in [0.29, 0.717) is 26.1 Å². The van der Waals surface area contributed by atoms with Crippen LogP contribution < -0.4 is 9.88 Å². The van der Waals surface area contributed by atoms with Gasteiger partial charge in [-0.05, 0) is 37.5 Å². The van der Waals surface area contributed by atoms with Crippen LogP contribution in [0.4, 0.5) is 4.39 Å². The van der Waals surface area contributed by atoms with Crippen LogP contribution in [-0.4, -0.2) is 34.0 Å². The average molecular weight is 317 g/mol. The number of benzene rings is 1. The molecule has 1 heterocycles. The molecule has 0 aliphatic carbocycles. The summed E-state index contributed by atoms with van der Waals surface area (Å²) >= 11 is 0. The summed E-state index contributed by atoms with van der Waals surface area (Å²) < 4.78 is 47.4. The normalized spacial score (nSPS) is 18.4. The quantitative estimate of drug-likeness (QED) is 0.894. The van der Waals surface area contributed by atoms with Gasteiger partial charge < -0.3 is 9.47 Å². The van der Waals surface area contributed by atoms with Gasteiger partial charge in [0.25, 0.3) is 0 Å². The van der Waals surface area contributed by atoms with Crippen molar-refractivity contribution in [2.45, 2.75) is 19.8 Å². The van der Waals surface area contributed by atoms with E-state index in [0.717, 1.165) is 5.56 Å². The highest BCUT2D eigenvalue weighted by molar-refractivity contribution is 7.89. The van der Waals surface area contributed by atoms with Gasteiger partial charge in [0.1, 0.15) is 0 Å². The zero-order valence-corrected chi connectivity index (χ0v) is 12.8. The predicted molar refractivity (Wildman–Crippen MR) is 77.1 cm³/mol. The minimum atomic E-state index is -3.63. The van der Waals surface area contributed by atoms with Crippen LogP contribution in [0.3, 0.4) is 0 Å². The standard InChI is InChI=1S/C14H20FNO4S/c1-11-2-3-12(15)13(8-11)20-9-14(10-21(16,17)18)4-6-19-7-5-14/h2-3,8H,4-7,9-10H2,1H3,(H2,16,17,18). The molecule has 0 amide bonds. The molecule has 21 heavy (non-hydrogen) atoms. The lowest BCUT2D eigenvalue weighted by atomic mass is 9.83. The number of ether oxygens (including phenoxy) is 2. The number of hydrogen-bond donors (Lipinski definition) is 1. The Morgan fingerprint density at radius 2 is 2.05 bits per heavy atom. The van der Waals surface area contributed by atoms with Crippen LogP contribution in [0.1, 0.15) is 18.4 Å². The first kappa shape index (κ1) is 16.2. The average Bonchev–Trinajstić information content (AvgIpc) is 2.39. The summed E-state index contributed by atoms with van der Waals surface area (Å²) in [6, 6.07) is 4.58. The molecule has 0 aromatic heterocycles. The Morgan fingerprint density at radius 3 is 2.67 bits per heavy atom. The monoisotopic (exact) mass is 317 g/mol. The molecule has 1 aliphatic rings. The van der Waals surface area contributed by atoms with Gasteiger partial charge in [0.2, 0.25) is 10.0 Å². The molecule has 2 N–H and O–H groups in total. The van der Waals surface area contributed by atoms with Gasteiger partial charge in [-0.1, -0.05) is 6.07 Å². The highest BCUT2D eigenvalue weighted by Crippen LogP contribution is 2.33. The van der Waals surface area contributed by atoms with Crippen molar-refractivity contribution >= 4 is 10.0 Å². The summed E-state index contributed by atoms with van der Waals surface area (Å²) in [5, 5.41) is 5.18. The lowest BCUT2D eigenvalue weighted by Gasteiger charge is -2.36. The Kier molecular flexibility index (Phi) is 4.85. The topological polar surface area (TPSA) is 78.6 Å². The van der Waals surface area contributed by atoms with Crippen LogP contribution in [0.2, 0.25) is 0 Å². The number of sulfonamides is 1. The number of primary sulfonamides is 1. The second kappa shape index (κ2) is 6.29. The summed E-state index contributed by atoms with van der Waals surface area (Å²) in [6.07, 6.45) is 1.05. The molecule has 0 bridgehead atoms. The Hall–Kier alpha value is -1.18. The Morgan fingerprint density at radius 1 is 1.38 bits per heavy atom. The minimum Gasteiger partial charge on any atom is -0.490 e. The van der Waals surface area contributed by atoms with E-state index in [1.165, 1.54) is 6.07 Å². The van der Waals surface area contributed by atoms with E-state index in [2.05, 4.69) is 0 Å². The smallest absolute Gasteiger partial charge is 0.209 e. The van der Waals surface area contributed by atoms with Gasteiger partial charge in [0.05, 0.1) is 12.4 Å². The maximum Gasteiger partial charge on any atom is 0.209 e. The number of halogens is 1. The van der Waals surface area contributed by atoms with Crippen molar-refractivity contribution in [1.82, 2.24) is 0 Å². The maximum atomic E-state index is 13.7. The molecule has 1 aromatic rings. The van der Waals surface area contributed by atoms with Gasteiger partial charge in [-0.25, -0.2) is 17.9 Å². The van der Waals surface area contributed by atoms with Gasteiger partial charge in [-0.2, -0.15) is 0 Å². The van der Waals surface area contributed by atoms with E-state index in [1.807, 2.05) is 6.92 Å². The van der Waals surface area contributed by atoms with Crippen LogP contribution in [0.25, 0.3) is 0 Å². The molecule has 0 atom stereocenters. The largest absolute Gasteiger partial charge is 0.490 e. The fraction of sp³-hybridized carbons (Fsp3) is 0.571. The zero-order chi connectivity index (χ0) is 15.5. The molecule has 0 radical (unpaired) electrons. The SMILES string of the molecule is Cc1ccc(F)c(OCC2(CS(N)(=O)=O)CCOCC2)c1. The molecule has 5 nitrogen and oxygen atoms in total. The van der Waals surface area contributed by atoms with Gasteiger partial charge in [0.15, 0.2) is 11.6 Å². The van der Waals surface area contributed by atoms with Crippen molar-refractivity contribution in [2.24, 2.45) is 10.6 Å². The van der Waals surface area contributed by atoms with Gasteiger partial charge in [0, 0.05) is 18.6 Å². The minimum absolute atomic E-state index is 0.104. The van der Waals surface area contributed by atoms with Crippen LogP contribution in [-0.2, 0) is 14.8 Å². The van der Waals surface area contributed by atoms with E-state index < -0.39 is 21.3 Å². The summed E-state index contributed by atoms with van der Waals surface area (Å²) in [7, 11) is -3.63. The predicted octanol–water partition coefficient (Wildman–Crippen LogP) is 1.60. The first-order valence-electron chi connectivity index (χ1n) is 6.77. The fourth-order valence-electron chi connectivity index (χ4n) is 2.51. The van der Waals surface area contributed by atoms with Crippen molar-refractivity contribution in [3.05, 3.63) is 29.6 Å². The number of aryl methyl sites for hydroxylation is 1. The summed E-state index contributed by atoms with van der Waals surface area (Å²) in [6.45, 7) is 2.85. The van der Waals surface area contributed by atoms with Crippen molar-refractivity contribution in [3.63, 3.8) is 0 Å². The Bertz CT molecular complexity index is 597. The van der Waals surface area contributed by atoms with E-state index in [-0.39, 0.29) is 18.1 Å². The van der Waals surface area contributed by atoms with Gasteiger partial charge >= 0.3 is 0 Å². The Balaban J connectivity index is 2.14. The third kappa shape index (κ3) is 4.66. The van der Waals surface area contributed by atoms with Crippen molar-refractivity contribution in [1.29, 1.82) is 0 Å². The summed E-state index contributed by atoms with van der Waals surface area (Å²) in [5.74, 6) is -0.509. The van der Waals surface area contributed by atoms with E-state index in [9.17, 15) is 12.8 Å². The first-order chi connectivity index (χ1) is 9.80. The lowest BCUT2D eigenvalue weighted by Crippen LogP contribution is -2.42. The van der Waals surface area contributed by atoms with Gasteiger partial charge in [-0.15, -0.1) is 0 Å². The van der Waals surface area contributed by atoms with E-state index >= 15 is 0 Å². The van der Waals surface area contributed by atoms with Crippen molar-refractivity contribution < 1.29 is 22.3 Å². The molecular formula is C14H20FNO4S. The molecule has 0 spiro atoms. The molecule has 118 valence electrons. The molecule has 1 aromatic carbocycles. The van der Waals surface area contributed by atoms with Crippen LogP contribution in [0.5, 0.6) is 5.75 Å². The second-order valence-corrected chi connectivity index (χ2v) is 7.26. The molecule has 1 fully saturated rings. The van der Waals surface area contributed by atoms with Crippen molar-refractivity contribution in [2.75, 3.05) is 25.6 Å². The fourth-order valence-corrected chi connectivity index (χ4v) is 3.74. The van der Waals surface area contributed by atoms with Gasteiger partial charge in [-0.3, -0.25) is 0 Å². The lowest BCUT2D eigenvalue weighted by molar-refractivity contribution is 0.00144. The molecule has 0 unspecified atom stereocenters. The zero-order valence-electron chi connectivity index (χ0n) is 12.0. The van der Waals surface area contributed by atoms with E-state index in [4.69, 9.17) is 14.6 Å².